The van der Waals surface area contributed by atoms with Crippen molar-refractivity contribution < 1.29 is 18.7 Å². The van der Waals surface area contributed by atoms with Crippen LogP contribution in [0.25, 0.3) is 10.2 Å². The lowest BCUT2D eigenvalue weighted by molar-refractivity contribution is 0.0290. The van der Waals surface area contributed by atoms with E-state index >= 15 is 0 Å². The van der Waals surface area contributed by atoms with E-state index in [4.69, 9.17) is 9.15 Å². The highest BCUT2D eigenvalue weighted by Crippen LogP contribution is 2.33. The Morgan fingerprint density at radius 1 is 1.34 bits per heavy atom. The molecule has 1 unspecified atom stereocenters. The first kappa shape index (κ1) is 19.0. The molecule has 3 aromatic rings. The molecule has 1 fully saturated rings. The average Bonchev–Trinajstić information content (AvgIpc) is 3.44. The lowest BCUT2D eigenvalue weighted by Gasteiger charge is -2.19. The van der Waals surface area contributed by atoms with E-state index in [0.717, 1.165) is 16.6 Å². The second-order valence-corrected chi connectivity index (χ2v) is 7.44. The molecule has 1 aliphatic rings. The molecule has 0 bridgehead atoms. The normalized spacial score (nSPS) is 16.2. The topological polar surface area (TPSA) is 75.9 Å². The predicted molar refractivity (Wildman–Crippen MR) is 110 cm³/mol. The van der Waals surface area contributed by atoms with Gasteiger partial charge in [0.1, 0.15) is 0 Å². The molecule has 0 saturated carbocycles. The van der Waals surface area contributed by atoms with Gasteiger partial charge in [-0.15, -0.1) is 11.8 Å². The highest BCUT2D eigenvalue weighted by molar-refractivity contribution is 7.22. The van der Waals surface area contributed by atoms with Crippen molar-refractivity contribution >= 4 is 38.7 Å². The quantitative estimate of drug-likeness (QED) is 0.348. The van der Waals surface area contributed by atoms with E-state index < -0.39 is 12.2 Å². The second-order valence-electron chi connectivity index (χ2n) is 6.43. The molecule has 2 aromatic heterocycles. The number of aromatic nitrogens is 1. The number of esters is 1. The molecule has 8 heteroatoms. The van der Waals surface area contributed by atoms with Gasteiger partial charge in [0.25, 0.3) is 0 Å². The molecule has 0 N–H and O–H groups in total. The summed E-state index contributed by atoms with van der Waals surface area (Å²) in [5.74, 6) is 5.33. The number of carbonyl (C=O) groups is 2. The number of hydrogen-bond donors (Lipinski definition) is 0. The van der Waals surface area contributed by atoms with Gasteiger partial charge < -0.3 is 14.1 Å². The first-order chi connectivity index (χ1) is 14.2. The largest absolute Gasteiger partial charge is 0.457 e. The minimum absolute atomic E-state index is 0.0957. The molecule has 4 rings (SSSR count). The number of ether oxygens (including phenoxy) is 1. The van der Waals surface area contributed by atoms with Gasteiger partial charge in [-0.2, -0.15) is 0 Å². The Balaban J connectivity index is 1.59. The third kappa shape index (κ3) is 3.96. The van der Waals surface area contributed by atoms with Gasteiger partial charge in [-0.25, -0.2) is 19.5 Å². The second kappa shape index (κ2) is 8.37. The molecule has 7 nitrogen and oxygen atoms in total. The molecule has 0 aliphatic carbocycles. The highest BCUT2D eigenvalue weighted by Gasteiger charge is 2.42. The summed E-state index contributed by atoms with van der Waals surface area (Å²) >= 11 is 1.39. The van der Waals surface area contributed by atoms with E-state index in [2.05, 4.69) is 16.8 Å². The van der Waals surface area contributed by atoms with E-state index in [-0.39, 0.29) is 18.3 Å². The lowest BCUT2D eigenvalue weighted by atomic mass is 10.3. The smallest absolute Gasteiger partial charge is 0.376 e. The molecule has 148 valence electrons. The van der Waals surface area contributed by atoms with Crippen LogP contribution in [-0.4, -0.2) is 41.2 Å². The summed E-state index contributed by atoms with van der Waals surface area (Å²) in [5.41, 5.74) is 0.799. The van der Waals surface area contributed by atoms with Crippen molar-refractivity contribution in [3.8, 4) is 11.8 Å². The zero-order valence-electron chi connectivity index (χ0n) is 15.8. The number of unbranched alkanes of at least 4 members (excludes halogenated alkanes) is 1. The Morgan fingerprint density at radius 2 is 2.21 bits per heavy atom. The van der Waals surface area contributed by atoms with Crippen LogP contribution >= 0.6 is 11.3 Å². The number of amides is 2. The van der Waals surface area contributed by atoms with Crippen molar-refractivity contribution in [1.29, 1.82) is 0 Å². The molecule has 0 spiro atoms. The maximum absolute atomic E-state index is 13.1. The zero-order valence-corrected chi connectivity index (χ0v) is 16.6. The number of para-hydroxylation sites is 1. The van der Waals surface area contributed by atoms with Crippen LogP contribution in [0.4, 0.5) is 9.93 Å². The van der Waals surface area contributed by atoms with Crippen LogP contribution in [0.15, 0.2) is 47.1 Å². The fourth-order valence-corrected chi connectivity index (χ4v) is 4.13. The number of benzene rings is 1. The summed E-state index contributed by atoms with van der Waals surface area (Å²) in [5, 5.41) is 0.504. The first-order valence-corrected chi connectivity index (χ1v) is 10.1. The molecule has 1 saturated heterocycles. The SMILES string of the molecule is CC#CCCCN1CC(OC(=O)c2ccco2)N(c2nc3ccccc3s2)C1=O. The van der Waals surface area contributed by atoms with Crippen molar-refractivity contribution in [1.82, 2.24) is 9.88 Å². The standard InChI is InChI=1S/C21H19N3O4S/c1-2-3-4-7-12-23-14-18(28-19(25)16-10-8-13-27-16)24(21(23)26)20-22-15-9-5-6-11-17(15)29-20/h5-6,8-11,13,18H,4,7,12,14H2,1H3. The Labute approximate surface area is 171 Å². The molecule has 3 heterocycles. The van der Waals surface area contributed by atoms with Crippen molar-refractivity contribution in [2.75, 3.05) is 18.0 Å². The molecular formula is C21H19N3O4S. The predicted octanol–water partition coefficient (Wildman–Crippen LogP) is 4.12. The van der Waals surface area contributed by atoms with Gasteiger partial charge in [0.15, 0.2) is 5.13 Å². The van der Waals surface area contributed by atoms with Crippen molar-refractivity contribution in [3.63, 3.8) is 0 Å². The fraction of sp³-hybridized carbons (Fsp3) is 0.286. The molecule has 0 radical (unpaired) electrons. The van der Waals surface area contributed by atoms with Gasteiger partial charge >= 0.3 is 12.0 Å². The van der Waals surface area contributed by atoms with Crippen LogP contribution in [0.1, 0.15) is 30.3 Å². The van der Waals surface area contributed by atoms with Gasteiger partial charge in [0, 0.05) is 13.0 Å². The maximum Gasteiger partial charge on any atom is 0.376 e. The van der Waals surface area contributed by atoms with Crippen molar-refractivity contribution in [3.05, 3.63) is 48.4 Å². The van der Waals surface area contributed by atoms with Gasteiger partial charge in [0.05, 0.1) is 23.0 Å². The van der Waals surface area contributed by atoms with Gasteiger partial charge in [-0.05, 0) is 37.6 Å². The minimum Gasteiger partial charge on any atom is -0.457 e. The zero-order chi connectivity index (χ0) is 20.2. The number of furan rings is 1. The number of fused-ring (bicyclic) bond motifs is 1. The van der Waals surface area contributed by atoms with Crippen LogP contribution in [0.5, 0.6) is 0 Å². The van der Waals surface area contributed by atoms with Crippen LogP contribution in [0.2, 0.25) is 0 Å². The third-order valence-electron chi connectivity index (χ3n) is 4.50. The number of urea groups is 1. The summed E-state index contributed by atoms with van der Waals surface area (Å²) in [4.78, 5) is 33.2. The van der Waals surface area contributed by atoms with Crippen LogP contribution < -0.4 is 4.90 Å². The summed E-state index contributed by atoms with van der Waals surface area (Å²) in [6.45, 7) is 2.59. The molecule has 1 aliphatic heterocycles. The van der Waals surface area contributed by atoms with Gasteiger partial charge in [0.2, 0.25) is 12.0 Å². The number of carbonyl (C=O) groups excluding carboxylic acids is 2. The maximum atomic E-state index is 13.1. The minimum atomic E-state index is -0.780. The molecule has 2 amide bonds. The number of thiazole rings is 1. The average molecular weight is 409 g/mol. The van der Waals surface area contributed by atoms with E-state index in [9.17, 15) is 9.59 Å². The molecule has 29 heavy (non-hydrogen) atoms. The fourth-order valence-electron chi connectivity index (χ4n) is 3.13. The highest BCUT2D eigenvalue weighted by atomic mass is 32.1. The summed E-state index contributed by atoms with van der Waals surface area (Å²) < 4.78 is 11.7. The molecule has 1 atom stereocenters. The number of anilines is 1. The Hall–Kier alpha value is -3.31. The Kier molecular flexibility index (Phi) is 5.49. The Bertz CT molecular complexity index is 1050. The molecule has 1 aromatic carbocycles. The Morgan fingerprint density at radius 3 is 2.97 bits per heavy atom. The summed E-state index contributed by atoms with van der Waals surface area (Å²) in [7, 11) is 0. The van der Waals surface area contributed by atoms with E-state index in [1.54, 1.807) is 17.9 Å². The summed E-state index contributed by atoms with van der Waals surface area (Å²) in [6.07, 6.45) is 2.08. The molecular weight excluding hydrogens is 390 g/mol. The van der Waals surface area contributed by atoms with Crippen LogP contribution in [0.3, 0.4) is 0 Å². The third-order valence-corrected chi connectivity index (χ3v) is 5.54. The van der Waals surface area contributed by atoms with Crippen LogP contribution in [-0.2, 0) is 4.74 Å². The van der Waals surface area contributed by atoms with E-state index in [1.807, 2.05) is 24.3 Å². The van der Waals surface area contributed by atoms with E-state index in [0.29, 0.717) is 18.1 Å². The van der Waals surface area contributed by atoms with Crippen LogP contribution in [0, 0.1) is 11.8 Å². The van der Waals surface area contributed by atoms with E-state index in [1.165, 1.54) is 28.6 Å². The first-order valence-electron chi connectivity index (χ1n) is 9.25. The van der Waals surface area contributed by atoms with Gasteiger partial charge in [-0.1, -0.05) is 23.5 Å². The monoisotopic (exact) mass is 409 g/mol. The summed E-state index contributed by atoms with van der Waals surface area (Å²) in [6, 6.07) is 10.6. The van der Waals surface area contributed by atoms with Crippen molar-refractivity contribution in [2.45, 2.75) is 26.0 Å². The van der Waals surface area contributed by atoms with Gasteiger partial charge in [-0.3, -0.25) is 0 Å². The lowest BCUT2D eigenvalue weighted by Crippen LogP contribution is -2.37. The number of hydrogen-bond acceptors (Lipinski definition) is 6. The number of rotatable bonds is 6. The van der Waals surface area contributed by atoms with Crippen molar-refractivity contribution in [2.24, 2.45) is 0 Å². The number of nitrogens with zero attached hydrogens (tertiary/aromatic N) is 3.